The zero-order valence-electron chi connectivity index (χ0n) is 11.9. The molecule has 3 nitrogen and oxygen atoms in total. The SMILES string of the molecule is CSC(=S)N/N=C(\c1ccccc1)C1C=CC=C[N-]1.[Cl][Zn][Cl]. The third kappa shape index (κ3) is 7.25. The summed E-state index contributed by atoms with van der Waals surface area (Å²) in [5.41, 5.74) is 4.79. The van der Waals surface area contributed by atoms with Crippen LogP contribution in [-0.2, 0) is 15.1 Å². The van der Waals surface area contributed by atoms with Crippen LogP contribution >= 0.6 is 43.4 Å². The molecule has 1 aliphatic rings. The number of benzene rings is 1. The van der Waals surface area contributed by atoms with Gasteiger partial charge in [0.1, 0.15) is 0 Å². The third-order valence-corrected chi connectivity index (χ3v) is 3.59. The second-order valence-corrected chi connectivity index (χ2v) is 9.99. The topological polar surface area (TPSA) is 38.5 Å². The van der Waals surface area contributed by atoms with Gasteiger partial charge in [-0.2, -0.15) is 11.3 Å². The molecule has 1 N–H and O–H groups in total. The van der Waals surface area contributed by atoms with Crippen molar-refractivity contribution in [2.45, 2.75) is 6.04 Å². The molecule has 0 radical (unpaired) electrons. The van der Waals surface area contributed by atoms with E-state index in [-0.39, 0.29) is 6.04 Å². The molecule has 0 saturated carbocycles. The summed E-state index contributed by atoms with van der Waals surface area (Å²) in [6, 6.07) is 9.91. The molecule has 8 heteroatoms. The number of allylic oxidation sites excluding steroid dienone is 2. The molecule has 0 aromatic heterocycles. The van der Waals surface area contributed by atoms with Crippen LogP contribution in [0.3, 0.4) is 0 Å². The second kappa shape index (κ2) is 12.1. The van der Waals surface area contributed by atoms with Crippen molar-refractivity contribution in [1.82, 2.24) is 5.43 Å². The van der Waals surface area contributed by atoms with Gasteiger partial charge >= 0.3 is 34.5 Å². The number of halogens is 2. The third-order valence-electron chi connectivity index (χ3n) is 2.54. The fraction of sp³-hybridized carbons (Fsp3) is 0.143. The van der Waals surface area contributed by atoms with Gasteiger partial charge in [-0.25, -0.2) is 0 Å². The second-order valence-electron chi connectivity index (χ2n) is 3.89. The zero-order chi connectivity index (χ0) is 16.2. The average molecular weight is 425 g/mol. The van der Waals surface area contributed by atoms with E-state index in [1.807, 2.05) is 54.8 Å². The first-order valence-corrected chi connectivity index (χ1v) is 15.8. The number of hydrogen-bond acceptors (Lipinski definition) is 3. The van der Waals surface area contributed by atoms with Gasteiger partial charge in [0.25, 0.3) is 0 Å². The molecule has 0 fully saturated rings. The van der Waals surface area contributed by atoms with Gasteiger partial charge in [-0.15, -0.1) is 0 Å². The number of hydrazone groups is 1. The molecule has 0 spiro atoms. The standard InChI is InChI=1S/C14H14N3S2.2ClH.Zn/c1-19-14(18)17-16-13(11-7-3-2-4-8-11)12-9-5-6-10-15-12;;;/h2-10,12H,1H3,(H,17,18);2*1H;/q-1;;;+2/p-2/b16-13+;;;. The Morgan fingerprint density at radius 1 is 1.32 bits per heavy atom. The number of hydrogen-bond donors (Lipinski definition) is 1. The van der Waals surface area contributed by atoms with Crippen molar-refractivity contribution in [3.63, 3.8) is 0 Å². The van der Waals surface area contributed by atoms with Gasteiger partial charge in [0.2, 0.25) is 0 Å². The number of nitrogens with zero attached hydrogens (tertiary/aromatic N) is 2. The minimum atomic E-state index is -0.931. The van der Waals surface area contributed by atoms with Crippen LogP contribution in [0.25, 0.3) is 5.32 Å². The van der Waals surface area contributed by atoms with Gasteiger partial charge in [-0.05, 0) is 11.8 Å². The fourth-order valence-corrected chi connectivity index (χ4v) is 1.82. The fourth-order valence-electron chi connectivity index (χ4n) is 1.63. The van der Waals surface area contributed by atoms with Crippen LogP contribution < -0.4 is 5.43 Å². The van der Waals surface area contributed by atoms with E-state index in [0.29, 0.717) is 4.32 Å². The molecule has 1 aromatic rings. The van der Waals surface area contributed by atoms with Gasteiger partial charge in [-0.3, -0.25) is 5.43 Å². The van der Waals surface area contributed by atoms with E-state index >= 15 is 0 Å². The Hall–Kier alpha value is -0.387. The van der Waals surface area contributed by atoms with Crippen molar-refractivity contribution in [2.75, 3.05) is 6.26 Å². The van der Waals surface area contributed by atoms with Crippen LogP contribution in [0.1, 0.15) is 5.56 Å². The molecule has 0 amide bonds. The van der Waals surface area contributed by atoms with Gasteiger partial charge < -0.3 is 5.32 Å². The minimum absolute atomic E-state index is 0.0791. The van der Waals surface area contributed by atoms with Crippen LogP contribution in [-0.4, -0.2) is 22.3 Å². The van der Waals surface area contributed by atoms with Crippen molar-refractivity contribution < 1.29 is 15.1 Å². The van der Waals surface area contributed by atoms with E-state index in [1.54, 1.807) is 6.20 Å². The Balaban J connectivity index is 0.000000745. The number of thiocarbonyl (C=S) groups is 1. The van der Waals surface area contributed by atoms with E-state index in [4.69, 9.17) is 31.6 Å². The number of rotatable bonds is 3. The quantitative estimate of drug-likeness (QED) is 0.327. The van der Waals surface area contributed by atoms with Crippen LogP contribution in [0, 0.1) is 0 Å². The first-order chi connectivity index (χ1) is 10.7. The molecule has 1 atom stereocenters. The molecule has 0 saturated heterocycles. The Kier molecular flexibility index (Phi) is 10.8. The predicted octanol–water partition coefficient (Wildman–Crippen LogP) is 4.83. The summed E-state index contributed by atoms with van der Waals surface area (Å²) in [5.74, 6) is 0. The number of thioether (sulfide) groups is 1. The molecule has 2 rings (SSSR count). The first-order valence-electron chi connectivity index (χ1n) is 6.35. The Morgan fingerprint density at radius 2 is 2.00 bits per heavy atom. The summed E-state index contributed by atoms with van der Waals surface area (Å²) in [4.78, 5) is 0. The van der Waals surface area contributed by atoms with Crippen molar-refractivity contribution in [3.8, 4) is 0 Å². The number of nitrogens with one attached hydrogen (secondary N) is 1. The molecule has 1 aromatic carbocycles. The Labute approximate surface area is 156 Å². The molecule has 0 aliphatic carbocycles. The monoisotopic (exact) mass is 422 g/mol. The van der Waals surface area contributed by atoms with Crippen LogP contribution in [0.2, 0.25) is 0 Å². The molecular weight excluding hydrogens is 411 g/mol. The van der Waals surface area contributed by atoms with Gasteiger partial charge in [0.05, 0.1) is 5.71 Å². The van der Waals surface area contributed by atoms with Gasteiger partial charge in [-0.1, -0.05) is 78.6 Å². The Morgan fingerprint density at radius 3 is 2.55 bits per heavy atom. The molecule has 22 heavy (non-hydrogen) atoms. The summed E-state index contributed by atoms with van der Waals surface area (Å²) in [7, 11) is 9.90. The Bertz CT molecular complexity index is 550. The summed E-state index contributed by atoms with van der Waals surface area (Å²) in [5, 5.41) is 8.84. The molecule has 114 valence electrons. The van der Waals surface area contributed by atoms with Crippen molar-refractivity contribution in [1.29, 1.82) is 0 Å². The van der Waals surface area contributed by atoms with Gasteiger partial charge in [0, 0.05) is 0 Å². The normalized spacial score (nSPS) is 16.0. The van der Waals surface area contributed by atoms with E-state index in [1.165, 1.54) is 11.8 Å². The van der Waals surface area contributed by atoms with Crippen LogP contribution in [0.5, 0.6) is 0 Å². The van der Waals surface area contributed by atoms with Crippen LogP contribution in [0.15, 0.2) is 59.9 Å². The molecule has 1 aliphatic heterocycles. The summed E-state index contributed by atoms with van der Waals surface area (Å²) in [6.45, 7) is 0. The molecule has 1 heterocycles. The maximum atomic E-state index is 5.11. The van der Waals surface area contributed by atoms with Crippen molar-refractivity contribution >= 4 is 53.4 Å². The summed E-state index contributed by atoms with van der Waals surface area (Å²) in [6.07, 6.45) is 9.59. The average Bonchev–Trinajstić information content (AvgIpc) is 2.57. The van der Waals surface area contributed by atoms with E-state index in [2.05, 4.69) is 15.8 Å². The van der Waals surface area contributed by atoms with Crippen molar-refractivity contribution in [2.24, 2.45) is 5.10 Å². The molecule has 1 unspecified atom stereocenters. The first kappa shape index (κ1) is 19.7. The zero-order valence-corrected chi connectivity index (χ0v) is 18.1. The summed E-state index contributed by atoms with van der Waals surface area (Å²) >= 11 is 5.64. The van der Waals surface area contributed by atoms with E-state index < -0.39 is 15.1 Å². The summed E-state index contributed by atoms with van der Waals surface area (Å²) < 4.78 is 0.642. The van der Waals surface area contributed by atoms with Crippen molar-refractivity contribution in [3.05, 3.63) is 65.6 Å². The predicted molar refractivity (Wildman–Crippen MR) is 99.4 cm³/mol. The van der Waals surface area contributed by atoms with Gasteiger partial charge in [0.15, 0.2) is 4.32 Å². The molecule has 0 bridgehead atoms. The van der Waals surface area contributed by atoms with Crippen LogP contribution in [0.4, 0.5) is 0 Å². The maximum absolute atomic E-state index is 5.11. The molecular formula is C14H14Cl2N3S2Zn-. The van der Waals surface area contributed by atoms with E-state index in [9.17, 15) is 0 Å². The van der Waals surface area contributed by atoms with E-state index in [0.717, 1.165) is 11.3 Å².